The SMILES string of the molecule is Cc1c(/C=C/C2CCN(C(=O)OC(C)(C)C)CC2)sc2c1c(C(C)C)c(-c1cc(C)c3ncnn3c1)n2C(=O)OC(C)(C)C. The maximum absolute atomic E-state index is 14.0. The van der Waals surface area contributed by atoms with E-state index in [9.17, 15) is 9.59 Å². The van der Waals surface area contributed by atoms with Gasteiger partial charge in [-0.1, -0.05) is 19.9 Å². The van der Waals surface area contributed by atoms with Gasteiger partial charge in [-0.3, -0.25) is 0 Å². The number of piperidine rings is 1. The van der Waals surface area contributed by atoms with Crippen LogP contribution in [-0.4, -0.2) is 60.5 Å². The fraction of sp³-hybridized carbons (Fsp3) is 0.529. The molecule has 1 fully saturated rings. The van der Waals surface area contributed by atoms with Gasteiger partial charge >= 0.3 is 12.2 Å². The van der Waals surface area contributed by atoms with Crippen LogP contribution in [0.3, 0.4) is 0 Å². The molecule has 0 spiro atoms. The third kappa shape index (κ3) is 6.41. The number of likely N-dealkylation sites (tertiary alicyclic amines) is 1. The lowest BCUT2D eigenvalue weighted by atomic mass is 9.94. The predicted octanol–water partition coefficient (Wildman–Crippen LogP) is 8.60. The van der Waals surface area contributed by atoms with Crippen molar-refractivity contribution in [2.45, 2.75) is 99.2 Å². The molecule has 0 N–H and O–H groups in total. The Balaban J connectivity index is 1.54. The number of rotatable bonds is 4. The van der Waals surface area contributed by atoms with E-state index in [2.05, 4.69) is 49.1 Å². The average Bonchev–Trinajstić information content (AvgIpc) is 3.59. The lowest BCUT2D eigenvalue weighted by molar-refractivity contribution is 0.0197. The standard InChI is InChI=1S/C34H45N5O4S/c1-20(2)26-27-22(4)25(12-11-23-13-15-37(16-14-23)31(40)42-33(5,6)7)44-30(27)39(32(41)43-34(8,9)10)28(26)24-17-21(3)29-35-19-36-38(29)18-24/h11-12,17-20,23H,13-16H2,1-10H3/b12-11+. The molecule has 5 rings (SSSR count). The van der Waals surface area contributed by atoms with Crippen molar-refractivity contribution >= 4 is 45.5 Å². The Morgan fingerprint density at radius 1 is 1.02 bits per heavy atom. The molecule has 0 saturated carbocycles. The molecular formula is C34H45N5O4S. The molecule has 9 nitrogen and oxygen atoms in total. The second kappa shape index (κ2) is 11.7. The van der Waals surface area contributed by atoms with Crippen molar-refractivity contribution in [3.63, 3.8) is 0 Å². The van der Waals surface area contributed by atoms with E-state index in [1.165, 1.54) is 0 Å². The Kier molecular flexibility index (Phi) is 8.44. The van der Waals surface area contributed by atoms with E-state index in [0.29, 0.717) is 19.0 Å². The van der Waals surface area contributed by atoms with Gasteiger partial charge in [0.15, 0.2) is 5.65 Å². The summed E-state index contributed by atoms with van der Waals surface area (Å²) in [4.78, 5) is 34.7. The number of thiophene rings is 1. The zero-order chi connectivity index (χ0) is 32.1. The number of aromatic nitrogens is 4. The monoisotopic (exact) mass is 619 g/mol. The summed E-state index contributed by atoms with van der Waals surface area (Å²) in [5.74, 6) is 0.505. The second-order valence-corrected chi connectivity index (χ2v) is 15.1. The number of pyridine rings is 1. The number of ether oxygens (including phenoxy) is 2. The largest absolute Gasteiger partial charge is 0.444 e. The minimum Gasteiger partial charge on any atom is -0.444 e. The number of nitrogens with zero attached hydrogens (tertiary/aromatic N) is 5. The maximum Gasteiger partial charge on any atom is 0.420 e. The summed E-state index contributed by atoms with van der Waals surface area (Å²) in [7, 11) is 0. The van der Waals surface area contributed by atoms with Crippen LogP contribution in [0.25, 0.3) is 33.2 Å². The fourth-order valence-electron chi connectivity index (χ4n) is 5.87. The molecule has 0 atom stereocenters. The lowest BCUT2D eigenvalue weighted by Gasteiger charge is -2.32. The molecule has 0 unspecified atom stereocenters. The highest BCUT2D eigenvalue weighted by Crippen LogP contribution is 2.45. The summed E-state index contributed by atoms with van der Waals surface area (Å²) in [5.41, 5.74) is 4.62. The molecule has 44 heavy (non-hydrogen) atoms. The zero-order valence-electron chi connectivity index (χ0n) is 27.6. The topological polar surface area (TPSA) is 91.0 Å². The quantitative estimate of drug-likeness (QED) is 0.227. The van der Waals surface area contributed by atoms with Crippen LogP contribution in [0.2, 0.25) is 0 Å². The highest BCUT2D eigenvalue weighted by molar-refractivity contribution is 7.20. The molecule has 1 aliphatic heterocycles. The minimum absolute atomic E-state index is 0.144. The Hall–Kier alpha value is -3.66. The molecule has 0 radical (unpaired) electrons. The summed E-state index contributed by atoms with van der Waals surface area (Å²) in [6.45, 7) is 21.2. The third-order valence-electron chi connectivity index (χ3n) is 7.81. The Bertz CT molecular complexity index is 1740. The number of carbonyl (C=O) groups is 2. The summed E-state index contributed by atoms with van der Waals surface area (Å²) >= 11 is 1.62. The molecule has 10 heteroatoms. The van der Waals surface area contributed by atoms with Gasteiger partial charge in [-0.25, -0.2) is 23.7 Å². The van der Waals surface area contributed by atoms with Gasteiger partial charge in [-0.05, 0) is 109 Å². The van der Waals surface area contributed by atoms with Crippen LogP contribution >= 0.6 is 11.3 Å². The van der Waals surface area contributed by atoms with Gasteiger partial charge in [0.05, 0.1) is 5.69 Å². The number of hydrogen-bond acceptors (Lipinski definition) is 7. The average molecular weight is 620 g/mol. The number of fused-ring (bicyclic) bond motifs is 2. The van der Waals surface area contributed by atoms with Crippen molar-refractivity contribution in [1.29, 1.82) is 0 Å². The predicted molar refractivity (Wildman–Crippen MR) is 177 cm³/mol. The van der Waals surface area contributed by atoms with E-state index in [1.54, 1.807) is 31.6 Å². The van der Waals surface area contributed by atoms with Crippen molar-refractivity contribution in [2.24, 2.45) is 5.92 Å². The van der Waals surface area contributed by atoms with Crippen molar-refractivity contribution in [2.75, 3.05) is 13.1 Å². The summed E-state index contributed by atoms with van der Waals surface area (Å²) in [5, 5.41) is 5.49. The first-order valence-corrected chi connectivity index (χ1v) is 16.2. The van der Waals surface area contributed by atoms with Gasteiger partial charge in [0.25, 0.3) is 0 Å². The van der Waals surface area contributed by atoms with E-state index in [-0.39, 0.29) is 12.0 Å². The number of aryl methyl sites for hydroxylation is 2. The molecule has 4 aromatic rings. The summed E-state index contributed by atoms with van der Waals surface area (Å²) < 4.78 is 15.1. The van der Waals surface area contributed by atoms with Gasteiger partial charge < -0.3 is 14.4 Å². The summed E-state index contributed by atoms with van der Waals surface area (Å²) in [6.07, 6.45) is 9.08. The van der Waals surface area contributed by atoms with Gasteiger partial charge in [0.1, 0.15) is 22.4 Å². The molecule has 1 saturated heterocycles. The molecule has 4 aromatic heterocycles. The first-order valence-electron chi connectivity index (χ1n) is 15.4. The molecule has 0 aliphatic carbocycles. The van der Waals surface area contributed by atoms with E-state index in [0.717, 1.165) is 61.5 Å². The highest BCUT2D eigenvalue weighted by Gasteiger charge is 2.31. The fourth-order valence-corrected chi connectivity index (χ4v) is 7.10. The van der Waals surface area contributed by atoms with Crippen molar-refractivity contribution < 1.29 is 19.1 Å². The van der Waals surface area contributed by atoms with Crippen LogP contribution in [0.15, 0.2) is 24.7 Å². The Labute approximate surface area is 263 Å². The first kappa shape index (κ1) is 31.8. The van der Waals surface area contributed by atoms with Crippen LogP contribution in [0.4, 0.5) is 9.59 Å². The van der Waals surface area contributed by atoms with Gasteiger partial charge in [0.2, 0.25) is 0 Å². The highest BCUT2D eigenvalue weighted by atomic mass is 32.1. The second-order valence-electron chi connectivity index (χ2n) is 14.1. The van der Waals surface area contributed by atoms with Crippen molar-refractivity contribution in [3.8, 4) is 11.3 Å². The van der Waals surface area contributed by atoms with Gasteiger partial charge in [-0.2, -0.15) is 5.10 Å². The lowest BCUT2D eigenvalue weighted by Crippen LogP contribution is -2.41. The van der Waals surface area contributed by atoms with Crippen molar-refractivity contribution in [1.82, 2.24) is 24.1 Å². The first-order chi connectivity index (χ1) is 20.5. The summed E-state index contributed by atoms with van der Waals surface area (Å²) in [6, 6.07) is 2.08. The molecule has 236 valence electrons. The van der Waals surface area contributed by atoms with Gasteiger partial charge in [-0.15, -0.1) is 11.3 Å². The van der Waals surface area contributed by atoms with Crippen molar-refractivity contribution in [3.05, 3.63) is 46.2 Å². The van der Waals surface area contributed by atoms with E-state index >= 15 is 0 Å². The smallest absolute Gasteiger partial charge is 0.420 e. The zero-order valence-corrected chi connectivity index (χ0v) is 28.5. The number of amides is 1. The van der Waals surface area contributed by atoms with Crippen LogP contribution < -0.4 is 0 Å². The minimum atomic E-state index is -0.655. The van der Waals surface area contributed by atoms with Gasteiger partial charge in [0, 0.05) is 35.1 Å². The van der Waals surface area contributed by atoms with E-state index in [1.807, 2.05) is 54.7 Å². The molecular weight excluding hydrogens is 574 g/mol. The molecule has 1 aliphatic rings. The van der Waals surface area contributed by atoms with Crippen LogP contribution in [0.1, 0.15) is 95.7 Å². The Morgan fingerprint density at radius 2 is 1.66 bits per heavy atom. The van der Waals surface area contributed by atoms with Crippen LogP contribution in [0.5, 0.6) is 0 Å². The normalized spacial score (nSPS) is 15.3. The maximum atomic E-state index is 14.0. The number of hydrogen-bond donors (Lipinski definition) is 0. The van der Waals surface area contributed by atoms with E-state index < -0.39 is 17.3 Å². The van der Waals surface area contributed by atoms with E-state index in [4.69, 9.17) is 9.47 Å². The van der Waals surface area contributed by atoms with Crippen LogP contribution in [-0.2, 0) is 9.47 Å². The number of allylic oxidation sites excluding steroid dienone is 1. The number of carbonyl (C=O) groups excluding carboxylic acids is 2. The van der Waals surface area contributed by atoms with Crippen LogP contribution in [0, 0.1) is 19.8 Å². The Morgan fingerprint density at radius 3 is 2.27 bits per heavy atom. The molecule has 5 heterocycles. The third-order valence-corrected chi connectivity index (χ3v) is 9.06. The molecule has 0 bridgehead atoms. The molecule has 1 amide bonds. The molecule has 0 aromatic carbocycles.